The van der Waals surface area contributed by atoms with Crippen LogP contribution in [0.3, 0.4) is 0 Å². The number of benzene rings is 2. The summed E-state index contributed by atoms with van der Waals surface area (Å²) < 4.78 is 13.8. The van der Waals surface area contributed by atoms with Crippen molar-refractivity contribution in [3.63, 3.8) is 0 Å². The molecule has 0 heterocycles. The van der Waals surface area contributed by atoms with Crippen LogP contribution in [0.15, 0.2) is 58.1 Å². The fraction of sp³-hybridized carbons (Fsp3) is 0. The number of rotatable bonds is 3. The van der Waals surface area contributed by atoms with Gasteiger partial charge in [0, 0.05) is 10.2 Å². The minimum atomic E-state index is -0.949. The average Bonchev–Trinajstić information content (AvgIpc) is 2.47. The van der Waals surface area contributed by atoms with Crippen molar-refractivity contribution < 1.29 is 14.0 Å². The molecule has 0 radical (unpaired) electrons. The molecule has 22 heavy (non-hydrogen) atoms. The van der Waals surface area contributed by atoms with Gasteiger partial charge in [-0.15, -0.1) is 0 Å². The lowest BCUT2D eigenvalue weighted by molar-refractivity contribution is -0.136. The van der Waals surface area contributed by atoms with Crippen LogP contribution in [0.25, 0.3) is 0 Å². The molecule has 2 N–H and O–H groups in total. The first-order chi connectivity index (χ1) is 10.5. The van der Waals surface area contributed by atoms with Gasteiger partial charge >= 0.3 is 11.8 Å². The number of nitrogens with zero attached hydrogens (tertiary/aromatic N) is 1. The van der Waals surface area contributed by atoms with Crippen LogP contribution >= 0.6 is 15.9 Å². The Morgan fingerprint density at radius 1 is 1.09 bits per heavy atom. The third-order valence-corrected chi connectivity index (χ3v) is 3.01. The zero-order valence-corrected chi connectivity index (χ0v) is 12.8. The van der Waals surface area contributed by atoms with Gasteiger partial charge in [-0.05, 0) is 35.9 Å². The predicted molar refractivity (Wildman–Crippen MR) is 84.9 cm³/mol. The van der Waals surface area contributed by atoms with Gasteiger partial charge in [0.25, 0.3) is 0 Å². The molecule has 5 nitrogen and oxygen atoms in total. The summed E-state index contributed by atoms with van der Waals surface area (Å²) in [5.41, 5.74) is 3.04. The highest BCUT2D eigenvalue weighted by Gasteiger charge is 2.12. The lowest BCUT2D eigenvalue weighted by atomic mass is 10.2. The molecule has 0 saturated heterocycles. The molecule has 2 amide bonds. The second-order valence-electron chi connectivity index (χ2n) is 4.22. The zero-order chi connectivity index (χ0) is 15.9. The number of nitrogens with one attached hydrogen (secondary N) is 2. The molecule has 0 unspecified atom stereocenters. The van der Waals surface area contributed by atoms with Gasteiger partial charge in [-0.25, -0.2) is 9.82 Å². The van der Waals surface area contributed by atoms with E-state index < -0.39 is 17.6 Å². The minimum Gasteiger partial charge on any atom is -0.318 e. The van der Waals surface area contributed by atoms with Crippen molar-refractivity contribution in [3.8, 4) is 0 Å². The number of carbonyl (C=O) groups excluding carboxylic acids is 2. The largest absolute Gasteiger partial charge is 0.329 e. The maximum atomic E-state index is 13.0. The Balaban J connectivity index is 1.90. The van der Waals surface area contributed by atoms with Crippen molar-refractivity contribution in [1.82, 2.24) is 5.43 Å². The molecule has 0 aliphatic carbocycles. The Labute approximate surface area is 134 Å². The second kappa shape index (κ2) is 7.46. The number of hydrazone groups is 1. The van der Waals surface area contributed by atoms with E-state index in [9.17, 15) is 14.0 Å². The molecule has 0 aliphatic heterocycles. The summed E-state index contributed by atoms with van der Waals surface area (Å²) in [4.78, 5) is 23.1. The molecular formula is C15H11BrFN3O2. The number of anilines is 1. The topological polar surface area (TPSA) is 70.6 Å². The molecule has 0 spiro atoms. The summed E-state index contributed by atoms with van der Waals surface area (Å²) in [7, 11) is 0. The minimum absolute atomic E-state index is 0.191. The summed E-state index contributed by atoms with van der Waals surface area (Å²) in [6, 6.07) is 12.5. The van der Waals surface area contributed by atoms with Gasteiger partial charge in [0.15, 0.2) is 0 Å². The lowest BCUT2D eigenvalue weighted by Gasteiger charge is -2.03. The third-order valence-electron chi connectivity index (χ3n) is 2.52. The molecule has 2 aromatic carbocycles. The quantitative estimate of drug-likeness (QED) is 0.500. The van der Waals surface area contributed by atoms with Crippen LogP contribution in [0.2, 0.25) is 0 Å². The molecule has 0 aliphatic rings. The Hall–Kier alpha value is -2.54. The van der Waals surface area contributed by atoms with Gasteiger partial charge in [-0.2, -0.15) is 5.10 Å². The van der Waals surface area contributed by atoms with Crippen molar-refractivity contribution in [2.45, 2.75) is 0 Å². The van der Waals surface area contributed by atoms with Crippen molar-refractivity contribution in [2.75, 3.05) is 5.32 Å². The summed E-state index contributed by atoms with van der Waals surface area (Å²) in [5, 5.41) is 5.95. The van der Waals surface area contributed by atoms with E-state index in [-0.39, 0.29) is 5.69 Å². The first-order valence-corrected chi connectivity index (χ1v) is 6.99. The molecule has 2 rings (SSSR count). The predicted octanol–water partition coefficient (Wildman–Crippen LogP) is 2.68. The Morgan fingerprint density at radius 3 is 2.59 bits per heavy atom. The Kier molecular flexibility index (Phi) is 5.37. The van der Waals surface area contributed by atoms with Crippen LogP contribution in [-0.2, 0) is 9.59 Å². The maximum absolute atomic E-state index is 13.0. The number of hydrogen-bond donors (Lipinski definition) is 2. The second-order valence-corrected chi connectivity index (χ2v) is 5.13. The van der Waals surface area contributed by atoms with Crippen LogP contribution < -0.4 is 10.7 Å². The molecular weight excluding hydrogens is 353 g/mol. The van der Waals surface area contributed by atoms with Gasteiger partial charge in [0.05, 0.1) is 6.21 Å². The lowest BCUT2D eigenvalue weighted by Crippen LogP contribution is -2.32. The maximum Gasteiger partial charge on any atom is 0.329 e. The van der Waals surface area contributed by atoms with Crippen LogP contribution in [0.4, 0.5) is 10.1 Å². The van der Waals surface area contributed by atoms with Gasteiger partial charge in [0.2, 0.25) is 0 Å². The third kappa shape index (κ3) is 4.78. The van der Waals surface area contributed by atoms with Crippen LogP contribution in [0.1, 0.15) is 5.56 Å². The van der Waals surface area contributed by atoms with Gasteiger partial charge in [-0.1, -0.05) is 34.1 Å². The Bertz CT molecular complexity index is 734. The SMILES string of the molecule is O=C(N/N=C/c1cccc(Br)c1)C(=O)Nc1cccc(F)c1. The standard InChI is InChI=1S/C15H11BrFN3O2/c16-11-4-1-3-10(7-11)9-18-20-15(22)14(21)19-13-6-2-5-12(17)8-13/h1-9H,(H,19,21)(H,20,22)/b18-9+. The number of halogens is 2. The van der Waals surface area contributed by atoms with E-state index >= 15 is 0 Å². The molecule has 0 aromatic heterocycles. The highest BCUT2D eigenvalue weighted by atomic mass is 79.9. The highest BCUT2D eigenvalue weighted by molar-refractivity contribution is 9.10. The van der Waals surface area contributed by atoms with Crippen molar-refractivity contribution in [3.05, 3.63) is 64.4 Å². The summed E-state index contributed by atoms with van der Waals surface area (Å²) in [6.07, 6.45) is 1.40. The molecule has 112 valence electrons. The molecule has 7 heteroatoms. The van der Waals surface area contributed by atoms with Crippen LogP contribution in [0, 0.1) is 5.82 Å². The van der Waals surface area contributed by atoms with E-state index in [1.807, 2.05) is 12.1 Å². The van der Waals surface area contributed by atoms with Crippen molar-refractivity contribution in [2.24, 2.45) is 5.10 Å². The summed E-state index contributed by atoms with van der Waals surface area (Å²) in [6.45, 7) is 0. The number of carbonyl (C=O) groups is 2. The summed E-state index contributed by atoms with van der Waals surface area (Å²) in [5.74, 6) is -2.39. The Morgan fingerprint density at radius 2 is 1.86 bits per heavy atom. The zero-order valence-electron chi connectivity index (χ0n) is 11.2. The van der Waals surface area contributed by atoms with E-state index in [0.29, 0.717) is 0 Å². The smallest absolute Gasteiger partial charge is 0.318 e. The van der Waals surface area contributed by atoms with Crippen molar-refractivity contribution in [1.29, 1.82) is 0 Å². The molecule has 0 saturated carbocycles. The molecule has 0 fully saturated rings. The first-order valence-electron chi connectivity index (χ1n) is 6.20. The monoisotopic (exact) mass is 363 g/mol. The van der Waals surface area contributed by atoms with Gasteiger partial charge < -0.3 is 5.32 Å². The van der Waals surface area contributed by atoms with E-state index in [1.54, 1.807) is 12.1 Å². The molecule has 2 aromatic rings. The average molecular weight is 364 g/mol. The van der Waals surface area contributed by atoms with E-state index in [4.69, 9.17) is 0 Å². The molecule has 0 atom stereocenters. The highest BCUT2D eigenvalue weighted by Crippen LogP contribution is 2.10. The van der Waals surface area contributed by atoms with E-state index in [1.165, 1.54) is 24.4 Å². The fourth-order valence-electron chi connectivity index (χ4n) is 1.56. The van der Waals surface area contributed by atoms with E-state index in [0.717, 1.165) is 16.1 Å². The first kappa shape index (κ1) is 15.8. The fourth-order valence-corrected chi connectivity index (χ4v) is 1.97. The summed E-state index contributed by atoms with van der Waals surface area (Å²) >= 11 is 3.31. The van der Waals surface area contributed by atoms with Gasteiger partial charge in [0.1, 0.15) is 5.82 Å². The van der Waals surface area contributed by atoms with Gasteiger partial charge in [-0.3, -0.25) is 9.59 Å². The van der Waals surface area contributed by atoms with Crippen molar-refractivity contribution >= 4 is 39.6 Å². The van der Waals surface area contributed by atoms with Crippen LogP contribution in [-0.4, -0.2) is 18.0 Å². The normalized spacial score (nSPS) is 10.5. The number of hydrogen-bond acceptors (Lipinski definition) is 3. The van der Waals surface area contributed by atoms with Crippen LogP contribution in [0.5, 0.6) is 0 Å². The number of amides is 2. The van der Waals surface area contributed by atoms with E-state index in [2.05, 4.69) is 31.8 Å². The molecule has 0 bridgehead atoms.